The van der Waals surface area contributed by atoms with E-state index in [4.69, 9.17) is 21.1 Å². The van der Waals surface area contributed by atoms with E-state index in [0.29, 0.717) is 5.58 Å². The Hall–Kier alpha value is -1.13. The number of benzene rings is 1. The van der Waals surface area contributed by atoms with Crippen LogP contribution in [0.3, 0.4) is 0 Å². The molecule has 0 atom stereocenters. The first-order valence-corrected chi connectivity index (χ1v) is 5.10. The zero-order valence-electron chi connectivity index (χ0n) is 8.21. The first-order chi connectivity index (χ1) is 7.56. The van der Waals surface area contributed by atoms with Gasteiger partial charge >= 0.3 is 0 Å². The van der Waals surface area contributed by atoms with Gasteiger partial charge in [-0.25, -0.2) is 8.78 Å². The summed E-state index contributed by atoms with van der Waals surface area (Å²) >= 11 is 5.66. The van der Waals surface area contributed by atoms with Crippen LogP contribution < -0.4 is 0 Å². The van der Waals surface area contributed by atoms with Gasteiger partial charge < -0.3 is 9.52 Å². The highest BCUT2D eigenvalue weighted by atomic mass is 35.5. The first-order valence-electron chi connectivity index (χ1n) is 4.72. The number of hydrogen-bond donors (Lipinski definition) is 1. The summed E-state index contributed by atoms with van der Waals surface area (Å²) in [5.41, 5.74) is -0.0288. The van der Waals surface area contributed by atoms with Gasteiger partial charge in [-0.3, -0.25) is 0 Å². The largest absolute Gasteiger partial charge is 0.444 e. The van der Waals surface area contributed by atoms with E-state index in [0.717, 1.165) is 0 Å². The first kappa shape index (κ1) is 11.4. The second-order valence-electron chi connectivity index (χ2n) is 3.42. The summed E-state index contributed by atoms with van der Waals surface area (Å²) in [6, 6.07) is 6.40. The Morgan fingerprint density at radius 1 is 1.31 bits per heavy atom. The summed E-state index contributed by atoms with van der Waals surface area (Å²) < 4.78 is 32.4. The molecule has 1 aromatic carbocycles. The molecule has 16 heavy (non-hydrogen) atoms. The fourth-order valence-electron chi connectivity index (χ4n) is 1.62. The van der Waals surface area contributed by atoms with Gasteiger partial charge in [0.25, 0.3) is 5.92 Å². The molecular formula is C11H9ClF2O2. The fourth-order valence-corrected chi connectivity index (χ4v) is 1.95. The average Bonchev–Trinajstić information content (AvgIpc) is 2.53. The maximum atomic E-state index is 13.7. The highest BCUT2D eigenvalue weighted by Gasteiger charge is 2.37. The maximum absolute atomic E-state index is 13.7. The Balaban J connectivity index is 2.63. The van der Waals surface area contributed by atoms with Gasteiger partial charge in [-0.05, 0) is 17.7 Å². The Morgan fingerprint density at radius 2 is 2.00 bits per heavy atom. The van der Waals surface area contributed by atoms with Crippen molar-refractivity contribution in [3.05, 3.63) is 35.0 Å². The van der Waals surface area contributed by atoms with Crippen LogP contribution in [0.2, 0.25) is 5.22 Å². The van der Waals surface area contributed by atoms with Crippen molar-refractivity contribution in [1.29, 1.82) is 0 Å². The van der Waals surface area contributed by atoms with Gasteiger partial charge in [-0.1, -0.05) is 18.2 Å². The third kappa shape index (κ3) is 1.79. The molecular weight excluding hydrogens is 238 g/mol. The predicted octanol–water partition coefficient (Wildman–Crippen LogP) is 3.56. The number of halogens is 3. The molecule has 2 aromatic rings. The second-order valence-corrected chi connectivity index (χ2v) is 3.77. The molecule has 0 fully saturated rings. The molecule has 0 aliphatic rings. The minimum Gasteiger partial charge on any atom is -0.444 e. The van der Waals surface area contributed by atoms with Crippen molar-refractivity contribution in [2.24, 2.45) is 0 Å². The zero-order chi connectivity index (χ0) is 11.8. The van der Waals surface area contributed by atoms with E-state index in [-0.39, 0.29) is 16.2 Å². The van der Waals surface area contributed by atoms with Crippen molar-refractivity contribution in [1.82, 2.24) is 0 Å². The quantitative estimate of drug-likeness (QED) is 0.898. The van der Waals surface area contributed by atoms with Crippen LogP contribution in [0, 0.1) is 0 Å². The molecule has 5 heteroatoms. The molecule has 2 nitrogen and oxygen atoms in total. The minimum atomic E-state index is -3.18. The lowest BCUT2D eigenvalue weighted by atomic mass is 10.0. The molecule has 0 spiro atoms. The highest BCUT2D eigenvalue weighted by Crippen LogP contribution is 2.42. The SMILES string of the molecule is OCCC(F)(F)c1c(Cl)oc2ccccc12. The summed E-state index contributed by atoms with van der Waals surface area (Å²) in [4.78, 5) is 0. The monoisotopic (exact) mass is 246 g/mol. The number of hydrogen-bond acceptors (Lipinski definition) is 2. The molecule has 0 aliphatic carbocycles. The highest BCUT2D eigenvalue weighted by molar-refractivity contribution is 6.31. The van der Waals surface area contributed by atoms with E-state index in [2.05, 4.69) is 0 Å². The van der Waals surface area contributed by atoms with Gasteiger partial charge in [0.15, 0.2) is 0 Å². The van der Waals surface area contributed by atoms with Crippen LogP contribution in [0.5, 0.6) is 0 Å². The van der Waals surface area contributed by atoms with Gasteiger partial charge in [0.05, 0.1) is 5.56 Å². The van der Waals surface area contributed by atoms with Crippen LogP contribution in [0.25, 0.3) is 11.0 Å². The third-order valence-electron chi connectivity index (χ3n) is 2.34. The average molecular weight is 247 g/mol. The van der Waals surface area contributed by atoms with Crippen molar-refractivity contribution in [2.45, 2.75) is 12.3 Å². The number of rotatable bonds is 3. The lowest BCUT2D eigenvalue weighted by Gasteiger charge is -2.13. The van der Waals surface area contributed by atoms with E-state index in [1.165, 1.54) is 6.07 Å². The maximum Gasteiger partial charge on any atom is 0.280 e. The summed E-state index contributed by atoms with van der Waals surface area (Å²) in [6.07, 6.45) is -0.670. The van der Waals surface area contributed by atoms with Crippen LogP contribution in [0.4, 0.5) is 8.78 Å². The number of fused-ring (bicyclic) bond motifs is 1. The van der Waals surface area contributed by atoms with Crippen LogP contribution in [0.1, 0.15) is 12.0 Å². The second kappa shape index (κ2) is 4.03. The molecule has 1 N–H and O–H groups in total. The Bertz CT molecular complexity index is 508. The van der Waals surface area contributed by atoms with Crippen molar-refractivity contribution in [2.75, 3.05) is 6.61 Å². The van der Waals surface area contributed by atoms with E-state index >= 15 is 0 Å². The number of para-hydroxylation sites is 1. The van der Waals surface area contributed by atoms with Gasteiger partial charge in [-0.2, -0.15) is 0 Å². The van der Waals surface area contributed by atoms with Gasteiger partial charge in [0.2, 0.25) is 5.22 Å². The predicted molar refractivity (Wildman–Crippen MR) is 56.8 cm³/mol. The van der Waals surface area contributed by atoms with Crippen molar-refractivity contribution in [3.63, 3.8) is 0 Å². The smallest absolute Gasteiger partial charge is 0.280 e. The summed E-state index contributed by atoms with van der Waals surface area (Å²) in [7, 11) is 0. The van der Waals surface area contributed by atoms with Crippen molar-refractivity contribution in [3.8, 4) is 0 Å². The number of furan rings is 1. The molecule has 0 radical (unpaired) electrons. The normalized spacial score (nSPS) is 12.2. The fraction of sp³-hybridized carbons (Fsp3) is 0.273. The zero-order valence-corrected chi connectivity index (χ0v) is 8.97. The molecule has 2 rings (SSSR count). The van der Waals surface area contributed by atoms with Crippen LogP contribution in [-0.4, -0.2) is 11.7 Å². The Kier molecular flexibility index (Phi) is 2.86. The Morgan fingerprint density at radius 3 is 2.69 bits per heavy atom. The van der Waals surface area contributed by atoms with Gasteiger partial charge in [0, 0.05) is 18.4 Å². The van der Waals surface area contributed by atoms with Crippen LogP contribution >= 0.6 is 11.6 Å². The molecule has 1 aromatic heterocycles. The van der Waals surface area contributed by atoms with Gasteiger partial charge in [-0.15, -0.1) is 0 Å². The summed E-state index contributed by atoms with van der Waals surface area (Å²) in [5, 5.41) is 8.57. The van der Waals surface area contributed by atoms with Crippen LogP contribution in [0.15, 0.2) is 28.7 Å². The molecule has 0 unspecified atom stereocenters. The minimum absolute atomic E-state index is 0.283. The van der Waals surface area contributed by atoms with E-state index in [9.17, 15) is 8.78 Å². The van der Waals surface area contributed by atoms with E-state index in [1.807, 2.05) is 0 Å². The van der Waals surface area contributed by atoms with Crippen LogP contribution in [-0.2, 0) is 5.92 Å². The summed E-state index contributed by atoms with van der Waals surface area (Å²) in [6.45, 7) is -0.608. The lowest BCUT2D eigenvalue weighted by molar-refractivity contribution is -0.0260. The lowest BCUT2D eigenvalue weighted by Crippen LogP contribution is -2.15. The number of alkyl halides is 2. The van der Waals surface area contributed by atoms with Gasteiger partial charge in [0.1, 0.15) is 5.58 Å². The molecule has 1 heterocycles. The molecule has 86 valence electrons. The number of aliphatic hydroxyl groups excluding tert-OH is 1. The van der Waals surface area contributed by atoms with E-state index < -0.39 is 19.0 Å². The Labute approximate surface area is 95.4 Å². The summed E-state index contributed by atoms with van der Waals surface area (Å²) in [5.74, 6) is -3.18. The number of aliphatic hydroxyl groups is 1. The third-order valence-corrected chi connectivity index (χ3v) is 2.61. The van der Waals surface area contributed by atoms with Crippen molar-refractivity contribution < 1.29 is 18.3 Å². The topological polar surface area (TPSA) is 33.4 Å². The molecule has 0 bridgehead atoms. The molecule has 0 saturated heterocycles. The van der Waals surface area contributed by atoms with E-state index in [1.54, 1.807) is 18.2 Å². The van der Waals surface area contributed by atoms with Crippen molar-refractivity contribution >= 4 is 22.6 Å². The molecule has 0 aliphatic heterocycles. The molecule has 0 amide bonds. The standard InChI is InChI=1S/C11H9ClF2O2/c12-10-9(11(13,14)5-6-15)7-3-1-2-4-8(7)16-10/h1-4,15H,5-6H2. The molecule has 0 saturated carbocycles.